The number of aromatic nitrogens is 5. The minimum Gasteiger partial charge on any atom is -0.491 e. The lowest BCUT2D eigenvalue weighted by Gasteiger charge is -2.12. The molecule has 0 aliphatic carbocycles. The highest BCUT2D eigenvalue weighted by atomic mass is 32.2. The van der Waals surface area contributed by atoms with Crippen molar-refractivity contribution < 1.29 is 22.8 Å². The number of nitrogens with one attached hydrogen (secondary N) is 1. The second kappa shape index (κ2) is 12.9. The molecule has 0 fully saturated rings. The van der Waals surface area contributed by atoms with E-state index in [4.69, 9.17) is 14.8 Å². The van der Waals surface area contributed by atoms with Crippen molar-refractivity contribution in [2.45, 2.75) is 19.4 Å². The molecule has 0 saturated carbocycles. The molecule has 0 bridgehead atoms. The summed E-state index contributed by atoms with van der Waals surface area (Å²) in [6.45, 7) is -0.511. The number of ether oxygens (including phenoxy) is 1. The molecule has 12 heteroatoms. The molecule has 0 amide bonds. The van der Waals surface area contributed by atoms with Gasteiger partial charge in [0.1, 0.15) is 35.5 Å². The molecule has 3 aromatic heterocycles. The van der Waals surface area contributed by atoms with Gasteiger partial charge in [-0.15, -0.1) is 0 Å². The minimum absolute atomic E-state index is 0.00305. The third kappa shape index (κ3) is 6.72. The maximum atomic E-state index is 14.9. The largest absolute Gasteiger partial charge is 0.491 e. The number of rotatable bonds is 12. The van der Waals surface area contributed by atoms with Gasteiger partial charge in [-0.3, -0.25) is 13.9 Å². The third-order valence-electron chi connectivity index (χ3n) is 6.34. The van der Waals surface area contributed by atoms with Gasteiger partial charge in [0.15, 0.2) is 5.82 Å². The van der Waals surface area contributed by atoms with Crippen molar-refractivity contribution in [1.29, 1.82) is 0 Å². The monoisotopic (exact) mass is 578 g/mol. The van der Waals surface area contributed by atoms with Crippen molar-refractivity contribution >= 4 is 33.2 Å². The van der Waals surface area contributed by atoms with Crippen LogP contribution in [-0.4, -0.2) is 59.3 Å². The predicted molar refractivity (Wildman–Crippen MR) is 154 cm³/mol. The van der Waals surface area contributed by atoms with Crippen LogP contribution < -0.4 is 10.1 Å². The molecule has 9 nitrogen and oxygen atoms in total. The Morgan fingerprint density at radius 1 is 1.10 bits per heavy atom. The Morgan fingerprint density at radius 3 is 2.59 bits per heavy atom. The molecule has 0 unspecified atom stereocenters. The summed E-state index contributed by atoms with van der Waals surface area (Å²) in [7, 11) is -0.907. The Morgan fingerprint density at radius 2 is 1.85 bits per heavy atom. The molecule has 2 aromatic carbocycles. The Bertz CT molecular complexity index is 1660. The van der Waals surface area contributed by atoms with E-state index < -0.39 is 22.4 Å². The molecule has 0 aliphatic heterocycles. The number of aliphatic hydroxyl groups excluding tert-OH is 1. The Labute approximate surface area is 237 Å². The van der Waals surface area contributed by atoms with Gasteiger partial charge in [-0.25, -0.2) is 18.7 Å². The Balaban J connectivity index is 1.52. The van der Waals surface area contributed by atoms with Crippen LogP contribution in [0.25, 0.3) is 22.4 Å². The van der Waals surface area contributed by atoms with Crippen LogP contribution in [0.15, 0.2) is 67.1 Å². The molecule has 0 aliphatic rings. The lowest BCUT2D eigenvalue weighted by molar-refractivity contribution is 0.200. The van der Waals surface area contributed by atoms with Gasteiger partial charge in [0.2, 0.25) is 0 Å². The zero-order valence-electron chi connectivity index (χ0n) is 22.3. The number of aryl methyl sites for hydroxylation is 1. The molecule has 1 atom stereocenters. The predicted octanol–water partition coefficient (Wildman–Crippen LogP) is 4.64. The average Bonchev–Trinajstić information content (AvgIpc) is 3.33. The molecule has 0 spiro atoms. The van der Waals surface area contributed by atoms with Crippen molar-refractivity contribution in [2.24, 2.45) is 0 Å². The van der Waals surface area contributed by atoms with E-state index >= 15 is 0 Å². The molecule has 5 rings (SSSR count). The topological polar surface area (TPSA) is 115 Å². The summed E-state index contributed by atoms with van der Waals surface area (Å²) in [6, 6.07) is 13.2. The summed E-state index contributed by atoms with van der Waals surface area (Å²) in [5, 5.41) is 17.7. The first-order valence-corrected chi connectivity index (χ1v) is 14.7. The van der Waals surface area contributed by atoms with Gasteiger partial charge in [0.25, 0.3) is 0 Å². The van der Waals surface area contributed by atoms with E-state index in [0.29, 0.717) is 41.4 Å². The number of para-hydroxylation sites is 1. The fourth-order valence-corrected chi connectivity index (χ4v) is 4.94. The molecule has 0 saturated heterocycles. The van der Waals surface area contributed by atoms with E-state index in [1.54, 1.807) is 24.8 Å². The summed E-state index contributed by atoms with van der Waals surface area (Å²) >= 11 is 0. The zero-order valence-corrected chi connectivity index (χ0v) is 23.1. The van der Waals surface area contributed by atoms with Crippen LogP contribution in [0, 0.1) is 11.6 Å². The maximum Gasteiger partial charge on any atom is 0.182 e. The van der Waals surface area contributed by atoms with Crippen LogP contribution in [0.3, 0.4) is 0 Å². The van der Waals surface area contributed by atoms with Crippen molar-refractivity contribution in [1.82, 2.24) is 24.7 Å². The van der Waals surface area contributed by atoms with Crippen LogP contribution >= 0.6 is 0 Å². The highest BCUT2D eigenvalue weighted by molar-refractivity contribution is 7.84. The molecule has 5 aromatic rings. The summed E-state index contributed by atoms with van der Waals surface area (Å²) in [4.78, 5) is 13.5. The maximum absolute atomic E-state index is 14.9. The van der Waals surface area contributed by atoms with Gasteiger partial charge in [-0.05, 0) is 31.0 Å². The van der Waals surface area contributed by atoms with Crippen LogP contribution in [0.1, 0.15) is 17.5 Å². The number of pyridine rings is 1. The van der Waals surface area contributed by atoms with E-state index in [1.165, 1.54) is 4.68 Å². The van der Waals surface area contributed by atoms with Gasteiger partial charge in [0.05, 0.1) is 18.7 Å². The number of hydrogen-bond acceptors (Lipinski definition) is 8. The van der Waals surface area contributed by atoms with Gasteiger partial charge >= 0.3 is 0 Å². The Kier molecular flexibility index (Phi) is 8.90. The standard InChI is InChI=1S/C29H28F2N6O3S/c1-41(39)14-4-5-19-17-33-29(35-28(19)34-20-8-10-32-11-9-20)27-22-6-2-3-7-26(22)37(36-27)18-23-24(30)15-21(16-25(23)31)40-13-12-38/h2-3,6-11,15-17,38H,4-5,12-14,18H2,1H3,(H,32,33,34,35)/t41-/m1/s1. The summed E-state index contributed by atoms with van der Waals surface area (Å²) in [5.41, 5.74) is 2.59. The van der Waals surface area contributed by atoms with Crippen LogP contribution in [0.5, 0.6) is 5.75 Å². The van der Waals surface area contributed by atoms with Crippen molar-refractivity contribution in [3.8, 4) is 17.3 Å². The van der Waals surface area contributed by atoms with Gasteiger partial charge in [-0.2, -0.15) is 5.10 Å². The van der Waals surface area contributed by atoms with E-state index in [2.05, 4.69) is 20.4 Å². The van der Waals surface area contributed by atoms with Gasteiger partial charge < -0.3 is 15.2 Å². The van der Waals surface area contributed by atoms with Crippen LogP contribution in [-0.2, 0) is 23.8 Å². The number of fused-ring (bicyclic) bond motifs is 1. The number of nitrogens with zero attached hydrogens (tertiary/aromatic N) is 5. The normalized spacial score (nSPS) is 12.0. The van der Waals surface area contributed by atoms with Crippen molar-refractivity contribution in [3.63, 3.8) is 0 Å². The van der Waals surface area contributed by atoms with E-state index in [9.17, 15) is 13.0 Å². The molecule has 0 radical (unpaired) electrons. The van der Waals surface area contributed by atoms with Crippen molar-refractivity contribution in [2.75, 3.05) is 30.5 Å². The second-order valence-electron chi connectivity index (χ2n) is 9.27. The van der Waals surface area contributed by atoms with Crippen LogP contribution in [0.4, 0.5) is 20.3 Å². The van der Waals surface area contributed by atoms with Gasteiger partial charge in [0, 0.05) is 75.7 Å². The lowest BCUT2D eigenvalue weighted by atomic mass is 10.1. The number of anilines is 2. The fraction of sp³-hybridized carbons (Fsp3) is 0.241. The van der Waals surface area contributed by atoms with E-state index in [-0.39, 0.29) is 31.1 Å². The molecular formula is C29H28F2N6O3S. The minimum atomic E-state index is -0.907. The zero-order chi connectivity index (χ0) is 28.8. The molecule has 3 heterocycles. The number of aliphatic hydroxyl groups is 1. The highest BCUT2D eigenvalue weighted by Gasteiger charge is 2.20. The number of benzene rings is 2. The fourth-order valence-electron chi connectivity index (χ4n) is 4.39. The molecule has 212 valence electrons. The van der Waals surface area contributed by atoms with Crippen LogP contribution in [0.2, 0.25) is 0 Å². The smallest absolute Gasteiger partial charge is 0.182 e. The van der Waals surface area contributed by atoms with E-state index in [0.717, 1.165) is 28.8 Å². The SMILES string of the molecule is C[S@@](=O)CCCc1cnc(-c2nn(Cc3c(F)cc(OCCO)cc3F)c3ccccc23)nc1Nc1ccncc1. The van der Waals surface area contributed by atoms with E-state index in [1.807, 2.05) is 36.4 Å². The quantitative estimate of drug-likeness (QED) is 0.220. The Hall–Kier alpha value is -4.29. The molecule has 2 N–H and O–H groups in total. The first kappa shape index (κ1) is 28.2. The third-order valence-corrected chi connectivity index (χ3v) is 7.20. The highest BCUT2D eigenvalue weighted by Crippen LogP contribution is 2.30. The van der Waals surface area contributed by atoms with Gasteiger partial charge in [-0.1, -0.05) is 18.2 Å². The first-order chi connectivity index (χ1) is 19.9. The second-order valence-corrected chi connectivity index (χ2v) is 10.8. The number of hydrogen-bond donors (Lipinski definition) is 2. The average molecular weight is 579 g/mol. The summed E-state index contributed by atoms with van der Waals surface area (Å²) in [5.74, 6) is -0.0808. The summed E-state index contributed by atoms with van der Waals surface area (Å²) in [6.07, 6.45) is 8.07. The summed E-state index contributed by atoms with van der Waals surface area (Å²) < 4.78 is 48.1. The first-order valence-electron chi connectivity index (χ1n) is 12.9. The molecular weight excluding hydrogens is 550 g/mol. The lowest BCUT2D eigenvalue weighted by Crippen LogP contribution is -2.08. The van der Waals surface area contributed by atoms with Crippen molar-refractivity contribution in [3.05, 3.63) is 89.9 Å². The molecule has 41 heavy (non-hydrogen) atoms. The number of halogens is 2.